The molecule has 130 valence electrons. The zero-order valence-corrected chi connectivity index (χ0v) is 14.6. The van der Waals surface area contributed by atoms with Crippen molar-refractivity contribution in [3.8, 4) is 0 Å². The lowest BCUT2D eigenvalue weighted by Crippen LogP contribution is -2.54. The van der Waals surface area contributed by atoms with Gasteiger partial charge in [0, 0.05) is 14.1 Å². The summed E-state index contributed by atoms with van der Waals surface area (Å²) < 4.78 is 0. The molecular weight excluding hydrogens is 302 g/mol. The predicted octanol–water partition coefficient (Wildman–Crippen LogP) is 1.73. The van der Waals surface area contributed by atoms with Gasteiger partial charge in [-0.1, -0.05) is 30.3 Å². The van der Waals surface area contributed by atoms with Gasteiger partial charge in [-0.2, -0.15) is 0 Å². The van der Waals surface area contributed by atoms with E-state index >= 15 is 0 Å². The predicted molar refractivity (Wildman–Crippen MR) is 93.4 cm³/mol. The fraction of sp³-hybridized carbons (Fsp3) is 0.579. The van der Waals surface area contributed by atoms with Crippen molar-refractivity contribution in [1.29, 1.82) is 0 Å². The molecule has 0 bridgehead atoms. The number of amides is 2. The fourth-order valence-corrected chi connectivity index (χ4v) is 3.86. The summed E-state index contributed by atoms with van der Waals surface area (Å²) in [4.78, 5) is 28.6. The molecule has 0 spiro atoms. The van der Waals surface area contributed by atoms with Crippen LogP contribution < -0.4 is 5.32 Å². The van der Waals surface area contributed by atoms with Gasteiger partial charge in [0.15, 0.2) is 0 Å². The van der Waals surface area contributed by atoms with E-state index < -0.39 is 0 Å². The quantitative estimate of drug-likeness (QED) is 0.895. The summed E-state index contributed by atoms with van der Waals surface area (Å²) in [6.07, 6.45) is 4.93. The highest BCUT2D eigenvalue weighted by Crippen LogP contribution is 2.41. The van der Waals surface area contributed by atoms with Crippen LogP contribution >= 0.6 is 0 Å². The first-order chi connectivity index (χ1) is 11.5. The van der Waals surface area contributed by atoms with Crippen molar-refractivity contribution in [3.63, 3.8) is 0 Å². The maximum absolute atomic E-state index is 12.6. The number of hydrogen-bond acceptors (Lipinski definition) is 3. The minimum absolute atomic E-state index is 0.0250. The first kappa shape index (κ1) is 17.0. The summed E-state index contributed by atoms with van der Waals surface area (Å²) in [6, 6.07) is 10.1. The molecule has 1 aliphatic heterocycles. The van der Waals surface area contributed by atoms with Crippen molar-refractivity contribution in [2.75, 3.05) is 27.2 Å². The zero-order valence-electron chi connectivity index (χ0n) is 14.6. The van der Waals surface area contributed by atoms with Gasteiger partial charge < -0.3 is 10.2 Å². The van der Waals surface area contributed by atoms with E-state index in [1.54, 1.807) is 19.0 Å². The Hall–Kier alpha value is -1.88. The van der Waals surface area contributed by atoms with Crippen molar-refractivity contribution in [3.05, 3.63) is 35.9 Å². The molecule has 1 atom stereocenters. The number of nitrogens with zero attached hydrogens (tertiary/aromatic N) is 2. The van der Waals surface area contributed by atoms with Crippen LogP contribution in [0.1, 0.15) is 37.7 Å². The Bertz CT molecular complexity index is 596. The van der Waals surface area contributed by atoms with Gasteiger partial charge in [-0.3, -0.25) is 14.5 Å². The molecular formula is C19H27N3O2. The minimum Gasteiger partial charge on any atom is -0.347 e. The van der Waals surface area contributed by atoms with Gasteiger partial charge in [0.1, 0.15) is 0 Å². The number of benzene rings is 1. The molecule has 1 saturated heterocycles. The number of likely N-dealkylation sites (tertiary alicyclic amines) is 1. The van der Waals surface area contributed by atoms with Crippen molar-refractivity contribution >= 4 is 11.8 Å². The van der Waals surface area contributed by atoms with Crippen molar-refractivity contribution in [2.45, 2.75) is 43.7 Å². The van der Waals surface area contributed by atoms with E-state index in [2.05, 4.69) is 17.4 Å². The molecule has 1 heterocycles. The normalized spacial score (nSPS) is 22.7. The van der Waals surface area contributed by atoms with Gasteiger partial charge in [-0.15, -0.1) is 0 Å². The number of nitrogens with one attached hydrogen (secondary N) is 1. The molecule has 5 heteroatoms. The summed E-state index contributed by atoms with van der Waals surface area (Å²) in [5.41, 5.74) is 0.978. The maximum Gasteiger partial charge on any atom is 0.239 e. The lowest BCUT2D eigenvalue weighted by molar-refractivity contribution is -0.134. The van der Waals surface area contributed by atoms with Crippen LogP contribution in [0.4, 0.5) is 0 Å². The van der Waals surface area contributed by atoms with E-state index in [-0.39, 0.29) is 23.4 Å². The van der Waals surface area contributed by atoms with Crippen LogP contribution in [0.5, 0.6) is 0 Å². The third-order valence-corrected chi connectivity index (χ3v) is 5.35. The monoisotopic (exact) mass is 329 g/mol. The highest BCUT2D eigenvalue weighted by atomic mass is 16.2. The average Bonchev–Trinajstić information content (AvgIpc) is 2.98. The molecule has 3 rings (SSSR count). The smallest absolute Gasteiger partial charge is 0.239 e. The second-order valence-corrected chi connectivity index (χ2v) is 7.21. The highest BCUT2D eigenvalue weighted by molar-refractivity contribution is 5.84. The van der Waals surface area contributed by atoms with E-state index in [0.29, 0.717) is 6.54 Å². The fourth-order valence-electron chi connectivity index (χ4n) is 3.86. The minimum atomic E-state index is -0.209. The third-order valence-electron chi connectivity index (χ3n) is 5.35. The Morgan fingerprint density at radius 3 is 2.50 bits per heavy atom. The number of rotatable bonds is 5. The van der Waals surface area contributed by atoms with Crippen molar-refractivity contribution < 1.29 is 9.59 Å². The van der Waals surface area contributed by atoms with Gasteiger partial charge in [0.05, 0.1) is 18.1 Å². The summed E-state index contributed by atoms with van der Waals surface area (Å²) in [5.74, 6) is 0.124. The molecule has 1 saturated carbocycles. The Morgan fingerprint density at radius 1 is 1.21 bits per heavy atom. The summed E-state index contributed by atoms with van der Waals surface area (Å²) >= 11 is 0. The van der Waals surface area contributed by atoms with Crippen LogP contribution in [0.25, 0.3) is 0 Å². The van der Waals surface area contributed by atoms with Gasteiger partial charge >= 0.3 is 0 Å². The number of carbonyl (C=O) groups excluding carboxylic acids is 2. The number of likely N-dealkylation sites (N-methyl/N-ethyl adjacent to an activating group) is 1. The standard InChI is InChI=1S/C19H27N3O2/c1-21(2)18(24)16-10-6-13-22(16)14-17(23)20-19(11-7-12-19)15-8-4-3-5-9-15/h3-5,8-9,16H,6-7,10-14H2,1-2H3,(H,20,23). The van der Waals surface area contributed by atoms with Crippen LogP contribution in [0.2, 0.25) is 0 Å². The van der Waals surface area contributed by atoms with Crippen LogP contribution in [-0.4, -0.2) is 54.8 Å². The topological polar surface area (TPSA) is 52.7 Å². The van der Waals surface area contributed by atoms with E-state index in [1.165, 1.54) is 5.56 Å². The molecule has 2 fully saturated rings. The van der Waals surface area contributed by atoms with Crippen molar-refractivity contribution in [1.82, 2.24) is 15.1 Å². The Morgan fingerprint density at radius 2 is 1.92 bits per heavy atom. The summed E-state index contributed by atoms with van der Waals surface area (Å²) in [5, 5.41) is 3.26. The van der Waals surface area contributed by atoms with E-state index in [0.717, 1.165) is 38.6 Å². The summed E-state index contributed by atoms with van der Waals surface area (Å²) in [7, 11) is 3.55. The third kappa shape index (κ3) is 3.31. The van der Waals surface area contributed by atoms with Gasteiger partial charge in [0.25, 0.3) is 0 Å². The molecule has 5 nitrogen and oxygen atoms in total. The van der Waals surface area contributed by atoms with E-state index in [9.17, 15) is 9.59 Å². The van der Waals surface area contributed by atoms with Crippen LogP contribution in [0.3, 0.4) is 0 Å². The second kappa shape index (κ2) is 6.93. The van der Waals surface area contributed by atoms with Gasteiger partial charge in [-0.05, 0) is 44.2 Å². The van der Waals surface area contributed by atoms with E-state index in [4.69, 9.17) is 0 Å². The lowest BCUT2D eigenvalue weighted by Gasteiger charge is -2.43. The number of carbonyl (C=O) groups is 2. The Balaban J connectivity index is 1.64. The Labute approximate surface area is 144 Å². The Kier molecular flexibility index (Phi) is 4.90. The van der Waals surface area contributed by atoms with E-state index in [1.807, 2.05) is 23.1 Å². The molecule has 2 amide bonds. The zero-order chi connectivity index (χ0) is 17.2. The first-order valence-electron chi connectivity index (χ1n) is 8.84. The molecule has 2 aliphatic rings. The summed E-state index contributed by atoms with van der Waals surface area (Å²) in [6.45, 7) is 1.12. The molecule has 1 aliphatic carbocycles. The highest BCUT2D eigenvalue weighted by Gasteiger charge is 2.41. The van der Waals surface area contributed by atoms with Crippen LogP contribution in [0, 0.1) is 0 Å². The van der Waals surface area contributed by atoms with Gasteiger partial charge in [-0.25, -0.2) is 0 Å². The molecule has 1 unspecified atom stereocenters. The first-order valence-corrected chi connectivity index (χ1v) is 8.84. The van der Waals surface area contributed by atoms with Gasteiger partial charge in [0.2, 0.25) is 11.8 Å². The largest absolute Gasteiger partial charge is 0.347 e. The number of hydrogen-bond donors (Lipinski definition) is 1. The molecule has 24 heavy (non-hydrogen) atoms. The lowest BCUT2D eigenvalue weighted by atomic mass is 9.72. The molecule has 0 radical (unpaired) electrons. The molecule has 1 N–H and O–H groups in total. The SMILES string of the molecule is CN(C)C(=O)C1CCCN1CC(=O)NC1(c2ccccc2)CCC1. The molecule has 1 aromatic carbocycles. The van der Waals surface area contributed by atoms with Crippen molar-refractivity contribution in [2.24, 2.45) is 0 Å². The average molecular weight is 329 g/mol. The van der Waals surface area contributed by atoms with Crippen LogP contribution in [-0.2, 0) is 15.1 Å². The maximum atomic E-state index is 12.6. The molecule has 0 aromatic heterocycles. The molecule has 1 aromatic rings. The second-order valence-electron chi connectivity index (χ2n) is 7.21. The van der Waals surface area contributed by atoms with Crippen LogP contribution in [0.15, 0.2) is 30.3 Å².